The summed E-state index contributed by atoms with van der Waals surface area (Å²) in [5.74, 6) is 0. The van der Waals surface area contributed by atoms with Gasteiger partial charge in [0.25, 0.3) is 0 Å². The van der Waals surface area contributed by atoms with Crippen LogP contribution < -0.4 is 10.6 Å². The van der Waals surface area contributed by atoms with Crippen molar-refractivity contribution in [3.63, 3.8) is 0 Å². The van der Waals surface area contributed by atoms with Crippen molar-refractivity contribution in [3.05, 3.63) is 29.8 Å². The molecule has 1 aliphatic carbocycles. The Morgan fingerprint density at radius 1 is 1.06 bits per heavy atom. The first-order valence-electron chi connectivity index (χ1n) is 6.58. The average molecular weight is 215 g/mol. The average Bonchev–Trinajstić information content (AvgIpc) is 2.80. The summed E-state index contributed by atoms with van der Waals surface area (Å²) in [5, 5.41) is 6.42. The number of nitrogens with one attached hydrogen (secondary N) is 1. The van der Waals surface area contributed by atoms with Crippen molar-refractivity contribution in [2.75, 3.05) is 11.9 Å². The van der Waals surface area contributed by atoms with E-state index in [1.807, 2.05) is 0 Å². The van der Waals surface area contributed by atoms with Gasteiger partial charge in [-0.2, -0.15) is 0 Å². The minimum absolute atomic E-state index is 0.314. The Hall–Kier alpha value is -1.02. The first kappa shape index (κ1) is 9.06. The van der Waals surface area contributed by atoms with Gasteiger partial charge in [0.1, 0.15) is 0 Å². The van der Waals surface area contributed by atoms with Crippen LogP contribution >= 0.6 is 0 Å². The molecule has 2 nitrogen and oxygen atoms in total. The normalized spacial score (nSPS) is 39.8. The monoisotopic (exact) mass is 215 g/mol. The predicted molar refractivity (Wildman–Crippen MR) is 64.4 cm³/mol. The van der Waals surface area contributed by atoms with Crippen LogP contribution in [0.1, 0.15) is 37.7 Å². The number of anilines is 1. The standard InChI is InChI=1S/C14H18N2/c1-2-6-12-11(5-1)13-7-3-4-8-14(13,16-12)15-10-9-13/h1-2,5-6,15-16H,3-4,7-10H2/p+1/t13-,14-/m0/s1. The van der Waals surface area contributed by atoms with Crippen molar-refractivity contribution < 1.29 is 5.32 Å². The molecule has 2 heterocycles. The number of hydrogen-bond donors (Lipinski definition) is 2. The zero-order valence-corrected chi connectivity index (χ0v) is 9.63. The van der Waals surface area contributed by atoms with Gasteiger partial charge in [-0.05, 0) is 24.5 Å². The molecule has 1 saturated carbocycles. The molecule has 3 N–H and O–H groups in total. The van der Waals surface area contributed by atoms with Crippen LogP contribution in [0.3, 0.4) is 0 Å². The Bertz CT molecular complexity index is 442. The smallest absolute Gasteiger partial charge is 0.179 e. The third-order valence-electron chi connectivity index (χ3n) is 5.14. The van der Waals surface area contributed by atoms with Crippen LogP contribution in [0.4, 0.5) is 5.69 Å². The molecule has 2 atom stereocenters. The number of quaternary nitrogens is 1. The molecular formula is C14H19N2+. The van der Waals surface area contributed by atoms with Crippen molar-refractivity contribution in [2.45, 2.75) is 43.2 Å². The maximum atomic E-state index is 3.85. The molecule has 0 aromatic heterocycles. The van der Waals surface area contributed by atoms with Crippen LogP contribution in [-0.4, -0.2) is 12.2 Å². The van der Waals surface area contributed by atoms with Gasteiger partial charge >= 0.3 is 0 Å². The predicted octanol–water partition coefficient (Wildman–Crippen LogP) is 1.59. The van der Waals surface area contributed by atoms with Gasteiger partial charge in [-0.3, -0.25) is 0 Å². The van der Waals surface area contributed by atoms with E-state index < -0.39 is 0 Å². The van der Waals surface area contributed by atoms with E-state index in [9.17, 15) is 0 Å². The lowest BCUT2D eigenvalue weighted by Crippen LogP contribution is -2.98. The molecule has 0 bridgehead atoms. The molecule has 84 valence electrons. The first-order valence-corrected chi connectivity index (χ1v) is 6.58. The van der Waals surface area contributed by atoms with E-state index in [2.05, 4.69) is 34.9 Å². The number of rotatable bonds is 0. The van der Waals surface area contributed by atoms with Crippen molar-refractivity contribution in [1.82, 2.24) is 0 Å². The fourth-order valence-corrected chi connectivity index (χ4v) is 4.50. The van der Waals surface area contributed by atoms with E-state index in [0.717, 1.165) is 0 Å². The summed E-state index contributed by atoms with van der Waals surface area (Å²) < 4.78 is 0. The minimum atomic E-state index is 0.314. The largest absolute Gasteiger partial charge is 0.333 e. The number of hydrogen-bond acceptors (Lipinski definition) is 1. The van der Waals surface area contributed by atoms with Gasteiger partial charge in [-0.1, -0.05) is 24.6 Å². The quantitative estimate of drug-likeness (QED) is 0.676. The van der Waals surface area contributed by atoms with Crippen LogP contribution in [0.2, 0.25) is 0 Å². The lowest BCUT2D eigenvalue weighted by molar-refractivity contribution is -0.707. The van der Waals surface area contributed by atoms with Gasteiger partial charge in [0.2, 0.25) is 0 Å². The van der Waals surface area contributed by atoms with Crippen LogP contribution in [0.15, 0.2) is 24.3 Å². The maximum Gasteiger partial charge on any atom is 0.179 e. The molecule has 1 aromatic carbocycles. The molecule has 2 aliphatic heterocycles. The Morgan fingerprint density at radius 2 is 1.94 bits per heavy atom. The molecule has 3 aliphatic rings. The number of para-hydroxylation sites is 1. The van der Waals surface area contributed by atoms with Gasteiger partial charge < -0.3 is 10.6 Å². The minimum Gasteiger partial charge on any atom is -0.333 e. The summed E-state index contributed by atoms with van der Waals surface area (Å²) in [6.45, 7) is 1.29. The Balaban J connectivity index is 1.95. The first-order chi connectivity index (χ1) is 7.86. The summed E-state index contributed by atoms with van der Waals surface area (Å²) >= 11 is 0. The highest BCUT2D eigenvalue weighted by molar-refractivity contribution is 5.64. The molecule has 0 unspecified atom stereocenters. The van der Waals surface area contributed by atoms with E-state index in [1.165, 1.54) is 44.3 Å². The molecule has 1 aromatic rings. The van der Waals surface area contributed by atoms with Gasteiger partial charge in [0.05, 0.1) is 12.0 Å². The third kappa shape index (κ3) is 0.844. The molecular weight excluding hydrogens is 196 g/mol. The molecule has 0 amide bonds. The molecule has 1 saturated heterocycles. The van der Waals surface area contributed by atoms with Gasteiger partial charge in [0, 0.05) is 18.5 Å². The van der Waals surface area contributed by atoms with Crippen LogP contribution in [0.5, 0.6) is 0 Å². The molecule has 0 radical (unpaired) electrons. The molecule has 16 heavy (non-hydrogen) atoms. The Labute approximate surface area is 96.4 Å². The summed E-state index contributed by atoms with van der Waals surface area (Å²) in [6.07, 6.45) is 6.87. The fraction of sp³-hybridized carbons (Fsp3) is 0.571. The van der Waals surface area contributed by atoms with E-state index in [1.54, 1.807) is 5.56 Å². The van der Waals surface area contributed by atoms with E-state index >= 15 is 0 Å². The Kier molecular flexibility index (Phi) is 1.59. The Morgan fingerprint density at radius 3 is 2.94 bits per heavy atom. The summed E-state index contributed by atoms with van der Waals surface area (Å²) in [4.78, 5) is 0. The molecule has 2 fully saturated rings. The third-order valence-corrected chi connectivity index (χ3v) is 5.14. The number of benzene rings is 1. The van der Waals surface area contributed by atoms with Crippen molar-refractivity contribution in [3.8, 4) is 0 Å². The van der Waals surface area contributed by atoms with Crippen LogP contribution in [-0.2, 0) is 5.41 Å². The van der Waals surface area contributed by atoms with Crippen molar-refractivity contribution >= 4 is 5.69 Å². The van der Waals surface area contributed by atoms with E-state index in [0.29, 0.717) is 11.1 Å². The highest BCUT2D eigenvalue weighted by Gasteiger charge is 2.64. The van der Waals surface area contributed by atoms with Gasteiger partial charge in [-0.25, -0.2) is 0 Å². The fourth-order valence-electron chi connectivity index (χ4n) is 4.50. The highest BCUT2D eigenvalue weighted by atomic mass is 15.3. The van der Waals surface area contributed by atoms with Crippen LogP contribution in [0.25, 0.3) is 0 Å². The lowest BCUT2D eigenvalue weighted by atomic mass is 9.65. The van der Waals surface area contributed by atoms with Crippen molar-refractivity contribution in [1.29, 1.82) is 0 Å². The number of fused-ring (bicyclic) bond motifs is 1. The van der Waals surface area contributed by atoms with E-state index in [-0.39, 0.29) is 0 Å². The number of nitrogens with two attached hydrogens (primary N) is 1. The zero-order chi connectivity index (χ0) is 10.6. The zero-order valence-electron chi connectivity index (χ0n) is 9.63. The lowest BCUT2D eigenvalue weighted by Gasteiger charge is -2.41. The SMILES string of the molecule is c1ccc2c(c1)N[C@@]13CCCC[C@]21CC[NH2+]3. The van der Waals surface area contributed by atoms with Crippen LogP contribution in [0, 0.1) is 0 Å². The topological polar surface area (TPSA) is 28.6 Å². The van der Waals surface area contributed by atoms with E-state index in [4.69, 9.17) is 0 Å². The second kappa shape index (κ2) is 2.80. The molecule has 2 heteroatoms. The van der Waals surface area contributed by atoms with Gasteiger partial charge in [-0.15, -0.1) is 0 Å². The summed E-state index contributed by atoms with van der Waals surface area (Å²) in [6, 6.07) is 8.98. The highest BCUT2D eigenvalue weighted by Crippen LogP contribution is 2.55. The maximum absolute atomic E-state index is 3.85. The van der Waals surface area contributed by atoms with Crippen molar-refractivity contribution in [2.24, 2.45) is 0 Å². The second-order valence-electron chi connectivity index (χ2n) is 5.67. The molecule has 4 rings (SSSR count). The summed E-state index contributed by atoms with van der Waals surface area (Å²) in [7, 11) is 0. The summed E-state index contributed by atoms with van der Waals surface area (Å²) in [5.41, 5.74) is 3.76. The van der Waals surface area contributed by atoms with Gasteiger partial charge in [0.15, 0.2) is 5.66 Å². The second-order valence-corrected chi connectivity index (χ2v) is 5.67. The molecule has 0 spiro atoms.